The number of nitrogens with zero attached hydrogens (tertiary/aromatic N) is 3. The molecule has 3 rings (SSSR count). The number of thiazole rings is 1. The van der Waals surface area contributed by atoms with E-state index in [1.807, 2.05) is 24.3 Å². The molecule has 2 heterocycles. The zero-order valence-electron chi connectivity index (χ0n) is 16.8. The van der Waals surface area contributed by atoms with E-state index in [-0.39, 0.29) is 5.91 Å². The van der Waals surface area contributed by atoms with Gasteiger partial charge in [0, 0.05) is 48.7 Å². The highest BCUT2D eigenvalue weighted by Gasteiger charge is 2.19. The number of likely N-dealkylation sites (N-methyl/N-ethyl adjacent to an activating group) is 1. The summed E-state index contributed by atoms with van der Waals surface area (Å²) in [7, 11) is 2.16. The number of nitrogens with one attached hydrogen (secondary N) is 1. The Labute approximate surface area is 166 Å². The summed E-state index contributed by atoms with van der Waals surface area (Å²) in [5.41, 5.74) is 2.80. The van der Waals surface area contributed by atoms with Gasteiger partial charge in [0.15, 0.2) is 5.13 Å². The first kappa shape index (κ1) is 19.8. The fourth-order valence-electron chi connectivity index (χ4n) is 3.14. The molecule has 0 saturated carbocycles. The highest BCUT2D eigenvalue weighted by molar-refractivity contribution is 7.16. The van der Waals surface area contributed by atoms with Crippen LogP contribution in [0.1, 0.15) is 35.5 Å². The van der Waals surface area contributed by atoms with Gasteiger partial charge in [-0.05, 0) is 38.4 Å². The topological polar surface area (TPSA) is 48.5 Å². The van der Waals surface area contributed by atoms with E-state index in [1.165, 1.54) is 4.88 Å². The van der Waals surface area contributed by atoms with Gasteiger partial charge in [-0.25, -0.2) is 4.98 Å². The highest BCUT2D eigenvalue weighted by Crippen LogP contribution is 2.33. The van der Waals surface area contributed by atoms with Gasteiger partial charge in [-0.1, -0.05) is 26.0 Å². The van der Waals surface area contributed by atoms with Crippen molar-refractivity contribution in [3.05, 3.63) is 34.7 Å². The molecule has 1 aromatic heterocycles. The van der Waals surface area contributed by atoms with Crippen molar-refractivity contribution in [1.29, 1.82) is 0 Å². The standard InChI is InChI=1S/C21H30N4OS/c1-15(2)9-10-22-20(26)18-7-5-17(6-8-18)19-16(3)27-21(23-19)25-13-11-24(4)12-14-25/h5-8,15H,9-14H2,1-4H3,(H,22,26). The lowest BCUT2D eigenvalue weighted by atomic mass is 10.1. The van der Waals surface area contributed by atoms with Gasteiger partial charge in [0.2, 0.25) is 0 Å². The third-order valence-electron chi connectivity index (χ3n) is 4.99. The van der Waals surface area contributed by atoms with Gasteiger partial charge in [0.05, 0.1) is 5.69 Å². The Hall–Kier alpha value is -1.92. The van der Waals surface area contributed by atoms with Gasteiger partial charge in [-0.15, -0.1) is 11.3 Å². The van der Waals surface area contributed by atoms with Crippen LogP contribution in [0.5, 0.6) is 0 Å². The molecule has 5 nitrogen and oxygen atoms in total. The second-order valence-corrected chi connectivity index (χ2v) is 8.89. The minimum Gasteiger partial charge on any atom is -0.352 e. The number of carbonyl (C=O) groups excluding carboxylic acids is 1. The van der Waals surface area contributed by atoms with Gasteiger partial charge in [0.25, 0.3) is 5.91 Å². The van der Waals surface area contributed by atoms with E-state index in [1.54, 1.807) is 11.3 Å². The first-order valence-electron chi connectivity index (χ1n) is 9.73. The van der Waals surface area contributed by atoms with Crippen LogP contribution < -0.4 is 10.2 Å². The molecule has 1 aliphatic heterocycles. The van der Waals surface area contributed by atoms with Crippen molar-refractivity contribution < 1.29 is 4.79 Å². The van der Waals surface area contributed by atoms with Gasteiger partial charge in [-0.3, -0.25) is 4.79 Å². The van der Waals surface area contributed by atoms with E-state index in [0.29, 0.717) is 11.5 Å². The maximum atomic E-state index is 12.2. The summed E-state index contributed by atoms with van der Waals surface area (Å²) >= 11 is 1.76. The molecule has 1 fully saturated rings. The molecular weight excluding hydrogens is 356 g/mol. The van der Waals surface area contributed by atoms with Crippen molar-refractivity contribution in [3.8, 4) is 11.3 Å². The van der Waals surface area contributed by atoms with Gasteiger partial charge >= 0.3 is 0 Å². The predicted octanol–water partition coefficient (Wildman–Crippen LogP) is 3.65. The molecule has 1 aliphatic rings. The van der Waals surface area contributed by atoms with E-state index in [9.17, 15) is 4.79 Å². The number of aromatic nitrogens is 1. The summed E-state index contributed by atoms with van der Waals surface area (Å²) in [6.45, 7) is 11.4. The largest absolute Gasteiger partial charge is 0.352 e. The maximum absolute atomic E-state index is 12.2. The van der Waals surface area contributed by atoms with Crippen LogP contribution in [0.25, 0.3) is 11.3 Å². The normalized spacial score (nSPS) is 15.4. The van der Waals surface area contributed by atoms with E-state index in [2.05, 4.69) is 42.9 Å². The molecule has 2 aromatic rings. The molecule has 1 N–H and O–H groups in total. The number of aryl methyl sites for hydroxylation is 1. The lowest BCUT2D eigenvalue weighted by Gasteiger charge is -2.32. The van der Waals surface area contributed by atoms with Crippen molar-refractivity contribution in [3.63, 3.8) is 0 Å². The summed E-state index contributed by atoms with van der Waals surface area (Å²) in [5.74, 6) is 0.588. The number of hydrogen-bond donors (Lipinski definition) is 1. The predicted molar refractivity (Wildman–Crippen MR) is 114 cm³/mol. The minimum atomic E-state index is -0.00433. The molecule has 0 unspecified atom stereocenters. The monoisotopic (exact) mass is 386 g/mol. The lowest BCUT2D eigenvalue weighted by molar-refractivity contribution is 0.0952. The molecule has 146 valence electrons. The van der Waals surface area contributed by atoms with Crippen molar-refractivity contribution in [2.75, 3.05) is 44.7 Å². The fraction of sp³-hybridized carbons (Fsp3) is 0.524. The van der Waals surface area contributed by atoms with Crippen LogP contribution in [0.15, 0.2) is 24.3 Å². The maximum Gasteiger partial charge on any atom is 0.251 e. The molecule has 27 heavy (non-hydrogen) atoms. The van der Waals surface area contributed by atoms with Crippen LogP contribution in [-0.2, 0) is 0 Å². The Kier molecular flexibility index (Phi) is 6.50. The highest BCUT2D eigenvalue weighted by atomic mass is 32.1. The Morgan fingerprint density at radius 2 is 1.85 bits per heavy atom. The Bertz CT molecular complexity index is 761. The second kappa shape index (κ2) is 8.85. The molecule has 1 amide bonds. The number of benzene rings is 1. The number of anilines is 1. The quantitative estimate of drug-likeness (QED) is 0.823. The number of rotatable bonds is 6. The van der Waals surface area contributed by atoms with Gasteiger partial charge in [0.1, 0.15) is 0 Å². The molecule has 0 radical (unpaired) electrons. The van der Waals surface area contributed by atoms with Crippen molar-refractivity contribution in [2.24, 2.45) is 5.92 Å². The Balaban J connectivity index is 1.67. The van der Waals surface area contributed by atoms with E-state index in [4.69, 9.17) is 4.98 Å². The van der Waals surface area contributed by atoms with Gasteiger partial charge < -0.3 is 15.1 Å². The molecular formula is C21H30N4OS. The molecule has 1 saturated heterocycles. The van der Waals surface area contributed by atoms with Crippen molar-refractivity contribution in [1.82, 2.24) is 15.2 Å². The molecule has 6 heteroatoms. The van der Waals surface area contributed by atoms with E-state index >= 15 is 0 Å². The zero-order chi connectivity index (χ0) is 19.4. The summed E-state index contributed by atoms with van der Waals surface area (Å²) in [6.07, 6.45) is 0.997. The fourth-order valence-corrected chi connectivity index (χ4v) is 4.12. The first-order valence-corrected chi connectivity index (χ1v) is 10.5. The molecule has 0 aliphatic carbocycles. The Morgan fingerprint density at radius 1 is 1.19 bits per heavy atom. The van der Waals surface area contributed by atoms with E-state index in [0.717, 1.165) is 55.5 Å². The smallest absolute Gasteiger partial charge is 0.251 e. The third-order valence-corrected chi connectivity index (χ3v) is 6.02. The summed E-state index contributed by atoms with van der Waals surface area (Å²) < 4.78 is 0. The summed E-state index contributed by atoms with van der Waals surface area (Å²) in [5, 5.41) is 4.09. The van der Waals surface area contributed by atoms with Crippen LogP contribution >= 0.6 is 11.3 Å². The number of hydrogen-bond acceptors (Lipinski definition) is 5. The third kappa shape index (κ3) is 5.08. The summed E-state index contributed by atoms with van der Waals surface area (Å²) in [4.78, 5) is 23.1. The Morgan fingerprint density at radius 3 is 2.48 bits per heavy atom. The van der Waals surface area contributed by atoms with Crippen molar-refractivity contribution >= 4 is 22.4 Å². The average Bonchev–Trinajstić information content (AvgIpc) is 3.04. The number of amides is 1. The minimum absolute atomic E-state index is 0.00433. The average molecular weight is 387 g/mol. The second-order valence-electron chi connectivity index (χ2n) is 7.71. The first-order chi connectivity index (χ1) is 12.9. The summed E-state index contributed by atoms with van der Waals surface area (Å²) in [6, 6.07) is 7.81. The SMILES string of the molecule is Cc1sc(N2CCN(C)CC2)nc1-c1ccc(C(=O)NCCC(C)C)cc1. The van der Waals surface area contributed by atoms with Crippen LogP contribution in [0.4, 0.5) is 5.13 Å². The molecule has 0 bridgehead atoms. The lowest BCUT2D eigenvalue weighted by Crippen LogP contribution is -2.44. The molecule has 1 aromatic carbocycles. The van der Waals surface area contributed by atoms with Crippen LogP contribution in [0.2, 0.25) is 0 Å². The number of piperazine rings is 1. The van der Waals surface area contributed by atoms with Gasteiger partial charge in [-0.2, -0.15) is 0 Å². The molecule has 0 atom stereocenters. The van der Waals surface area contributed by atoms with Crippen molar-refractivity contribution in [2.45, 2.75) is 27.2 Å². The van der Waals surface area contributed by atoms with E-state index < -0.39 is 0 Å². The van der Waals surface area contributed by atoms with Crippen LogP contribution in [-0.4, -0.2) is 55.6 Å². The zero-order valence-corrected chi connectivity index (χ0v) is 17.6. The molecule has 0 spiro atoms. The van der Waals surface area contributed by atoms with Crippen LogP contribution in [0.3, 0.4) is 0 Å². The number of carbonyl (C=O) groups is 1. The van der Waals surface area contributed by atoms with Crippen LogP contribution in [0, 0.1) is 12.8 Å².